The second-order valence-electron chi connectivity index (χ2n) is 6.24. The number of benzene rings is 2. The predicted octanol–water partition coefficient (Wildman–Crippen LogP) is 3.59. The fraction of sp³-hybridized carbons (Fsp3) is 0.200. The zero-order valence-corrected chi connectivity index (χ0v) is 15.7. The molecule has 144 valence electrons. The number of amides is 1. The standard InChI is InChI=1S/C20H18FN3O3S/c21-14-5-7-17(8-6-14)28-13-20(25)23-15-9-22-24(10-15)11-16-12-26-18-3-1-2-4-19(18)27-16/h1-10,16H,11-13H2,(H,23,25)/t16-/m1/s1. The molecule has 1 N–H and O–H groups in total. The van der Waals surface area contributed by atoms with Crippen LogP contribution in [0.4, 0.5) is 10.1 Å². The van der Waals surface area contributed by atoms with E-state index in [9.17, 15) is 9.18 Å². The third-order valence-corrected chi connectivity index (χ3v) is 5.07. The van der Waals surface area contributed by atoms with Gasteiger partial charge in [0.2, 0.25) is 5.91 Å². The highest BCUT2D eigenvalue weighted by molar-refractivity contribution is 8.00. The van der Waals surface area contributed by atoms with Gasteiger partial charge < -0.3 is 14.8 Å². The maximum atomic E-state index is 12.9. The van der Waals surface area contributed by atoms with Crippen LogP contribution in [0.3, 0.4) is 0 Å². The summed E-state index contributed by atoms with van der Waals surface area (Å²) in [6.45, 7) is 0.946. The second-order valence-corrected chi connectivity index (χ2v) is 7.29. The Bertz CT molecular complexity index is 961. The predicted molar refractivity (Wildman–Crippen MR) is 104 cm³/mol. The number of rotatable bonds is 6. The van der Waals surface area contributed by atoms with E-state index in [0.717, 1.165) is 16.4 Å². The number of fused-ring (bicyclic) bond motifs is 1. The summed E-state index contributed by atoms with van der Waals surface area (Å²) in [6, 6.07) is 13.6. The number of hydrogen-bond donors (Lipinski definition) is 1. The number of carbonyl (C=O) groups excluding carboxylic acids is 1. The van der Waals surface area contributed by atoms with Crippen molar-refractivity contribution >= 4 is 23.4 Å². The van der Waals surface area contributed by atoms with E-state index in [1.54, 1.807) is 29.2 Å². The molecule has 2 aromatic carbocycles. The van der Waals surface area contributed by atoms with Crippen molar-refractivity contribution in [2.45, 2.75) is 17.5 Å². The smallest absolute Gasteiger partial charge is 0.234 e. The number of anilines is 1. The van der Waals surface area contributed by atoms with Crippen molar-refractivity contribution in [2.75, 3.05) is 17.7 Å². The minimum atomic E-state index is -0.294. The number of aromatic nitrogens is 2. The Morgan fingerprint density at radius 3 is 2.82 bits per heavy atom. The Hall–Kier alpha value is -3.00. The molecule has 0 saturated carbocycles. The van der Waals surface area contributed by atoms with E-state index in [0.29, 0.717) is 18.8 Å². The van der Waals surface area contributed by atoms with Crippen molar-refractivity contribution in [3.63, 3.8) is 0 Å². The monoisotopic (exact) mass is 399 g/mol. The molecule has 0 unspecified atom stereocenters. The molecule has 2 heterocycles. The van der Waals surface area contributed by atoms with E-state index in [1.165, 1.54) is 23.9 Å². The highest BCUT2D eigenvalue weighted by Gasteiger charge is 2.21. The van der Waals surface area contributed by atoms with Crippen molar-refractivity contribution < 1.29 is 18.7 Å². The number of para-hydroxylation sites is 2. The summed E-state index contributed by atoms with van der Waals surface area (Å²) in [7, 11) is 0. The minimum absolute atomic E-state index is 0.153. The molecule has 0 spiro atoms. The number of thioether (sulfide) groups is 1. The van der Waals surface area contributed by atoms with Gasteiger partial charge in [0.15, 0.2) is 17.6 Å². The van der Waals surface area contributed by atoms with Crippen LogP contribution >= 0.6 is 11.8 Å². The Kier molecular flexibility index (Phi) is 5.48. The van der Waals surface area contributed by atoms with Crippen LogP contribution in [0.2, 0.25) is 0 Å². The topological polar surface area (TPSA) is 65.4 Å². The fourth-order valence-electron chi connectivity index (χ4n) is 2.77. The van der Waals surface area contributed by atoms with Gasteiger partial charge in [-0.15, -0.1) is 11.8 Å². The Balaban J connectivity index is 1.27. The fourth-order valence-corrected chi connectivity index (χ4v) is 3.46. The van der Waals surface area contributed by atoms with Crippen LogP contribution in [-0.2, 0) is 11.3 Å². The lowest BCUT2D eigenvalue weighted by Gasteiger charge is -2.26. The molecular weight excluding hydrogens is 381 g/mol. The van der Waals surface area contributed by atoms with Gasteiger partial charge in [-0.1, -0.05) is 12.1 Å². The number of nitrogens with one attached hydrogen (secondary N) is 1. The largest absolute Gasteiger partial charge is 0.486 e. The van der Waals surface area contributed by atoms with Gasteiger partial charge in [-0.2, -0.15) is 5.10 Å². The summed E-state index contributed by atoms with van der Waals surface area (Å²) in [5, 5.41) is 7.07. The number of carbonyl (C=O) groups is 1. The van der Waals surface area contributed by atoms with Gasteiger partial charge in [-0.3, -0.25) is 9.48 Å². The summed E-state index contributed by atoms with van der Waals surface area (Å²) in [5.41, 5.74) is 0.613. The molecule has 1 aliphatic heterocycles. The summed E-state index contributed by atoms with van der Waals surface area (Å²) >= 11 is 1.34. The van der Waals surface area contributed by atoms with Crippen LogP contribution < -0.4 is 14.8 Å². The summed E-state index contributed by atoms with van der Waals surface area (Å²) in [4.78, 5) is 12.9. The molecule has 28 heavy (non-hydrogen) atoms. The third-order valence-electron chi connectivity index (χ3n) is 4.06. The highest BCUT2D eigenvalue weighted by Crippen LogP contribution is 2.31. The first kappa shape index (κ1) is 18.4. The number of hydrogen-bond acceptors (Lipinski definition) is 5. The maximum Gasteiger partial charge on any atom is 0.234 e. The van der Waals surface area contributed by atoms with E-state index < -0.39 is 0 Å². The molecule has 3 aromatic rings. The highest BCUT2D eigenvalue weighted by atomic mass is 32.2. The molecule has 0 fully saturated rings. The summed E-state index contributed by atoms with van der Waals surface area (Å²) in [5.74, 6) is 1.24. The summed E-state index contributed by atoms with van der Waals surface area (Å²) in [6.07, 6.45) is 3.19. The average Bonchev–Trinajstić information content (AvgIpc) is 3.14. The third kappa shape index (κ3) is 4.64. The molecule has 0 bridgehead atoms. The van der Waals surface area contributed by atoms with Crippen LogP contribution in [0.25, 0.3) is 0 Å². The molecule has 0 aliphatic carbocycles. The zero-order chi connectivity index (χ0) is 19.3. The first-order valence-corrected chi connectivity index (χ1v) is 9.73. The van der Waals surface area contributed by atoms with Crippen molar-refractivity contribution in [1.82, 2.24) is 9.78 Å². The van der Waals surface area contributed by atoms with E-state index in [1.807, 2.05) is 24.3 Å². The Morgan fingerprint density at radius 2 is 2.00 bits per heavy atom. The van der Waals surface area contributed by atoms with E-state index in [-0.39, 0.29) is 23.6 Å². The van der Waals surface area contributed by atoms with Gasteiger partial charge in [0.25, 0.3) is 0 Å². The van der Waals surface area contributed by atoms with Crippen LogP contribution in [0.5, 0.6) is 11.5 Å². The molecule has 4 rings (SSSR count). The number of halogens is 1. The Morgan fingerprint density at radius 1 is 1.21 bits per heavy atom. The number of ether oxygens (including phenoxy) is 2. The van der Waals surface area contributed by atoms with Gasteiger partial charge in [0.05, 0.1) is 24.2 Å². The molecule has 0 radical (unpaired) electrons. The maximum absolute atomic E-state index is 12.9. The van der Waals surface area contributed by atoms with Crippen molar-refractivity contribution in [3.05, 3.63) is 66.7 Å². The van der Waals surface area contributed by atoms with Crippen LogP contribution in [-0.4, -0.2) is 34.2 Å². The molecular formula is C20H18FN3O3S. The first-order valence-electron chi connectivity index (χ1n) is 8.75. The lowest BCUT2D eigenvalue weighted by atomic mass is 10.2. The molecule has 1 atom stereocenters. The van der Waals surface area contributed by atoms with E-state index in [2.05, 4.69) is 10.4 Å². The summed E-state index contributed by atoms with van der Waals surface area (Å²) < 4.78 is 26.2. The van der Waals surface area contributed by atoms with Crippen LogP contribution in [0.15, 0.2) is 65.8 Å². The minimum Gasteiger partial charge on any atom is -0.486 e. The van der Waals surface area contributed by atoms with Gasteiger partial charge >= 0.3 is 0 Å². The lowest BCUT2D eigenvalue weighted by molar-refractivity contribution is -0.113. The SMILES string of the molecule is O=C(CSc1ccc(F)cc1)Nc1cnn(C[C@@H]2COc3ccccc3O2)c1. The van der Waals surface area contributed by atoms with E-state index >= 15 is 0 Å². The molecule has 1 aromatic heterocycles. The quantitative estimate of drug-likeness (QED) is 0.642. The van der Waals surface area contributed by atoms with Crippen LogP contribution in [0, 0.1) is 5.82 Å². The van der Waals surface area contributed by atoms with Gasteiger partial charge in [-0.25, -0.2) is 4.39 Å². The van der Waals surface area contributed by atoms with Crippen LogP contribution in [0.1, 0.15) is 0 Å². The first-order chi connectivity index (χ1) is 13.7. The van der Waals surface area contributed by atoms with Crippen molar-refractivity contribution in [3.8, 4) is 11.5 Å². The molecule has 0 saturated heterocycles. The molecule has 6 nitrogen and oxygen atoms in total. The average molecular weight is 399 g/mol. The van der Waals surface area contributed by atoms with E-state index in [4.69, 9.17) is 9.47 Å². The zero-order valence-electron chi connectivity index (χ0n) is 14.9. The molecule has 1 aliphatic rings. The van der Waals surface area contributed by atoms with Crippen molar-refractivity contribution in [1.29, 1.82) is 0 Å². The van der Waals surface area contributed by atoms with Gasteiger partial charge in [-0.05, 0) is 36.4 Å². The van der Waals surface area contributed by atoms with Gasteiger partial charge in [0.1, 0.15) is 12.4 Å². The van der Waals surface area contributed by atoms with Gasteiger partial charge in [0, 0.05) is 11.1 Å². The van der Waals surface area contributed by atoms with Crippen molar-refractivity contribution in [2.24, 2.45) is 0 Å². The molecule has 1 amide bonds. The lowest BCUT2D eigenvalue weighted by Crippen LogP contribution is -2.33. The second kappa shape index (κ2) is 8.35. The molecule has 8 heteroatoms. The number of nitrogens with zero attached hydrogens (tertiary/aromatic N) is 2. The normalized spacial score (nSPS) is 15.2. The Labute approximate surface area is 165 Å².